The van der Waals surface area contributed by atoms with Crippen LogP contribution in [-0.2, 0) is 14.3 Å². The quantitative estimate of drug-likeness (QED) is 0.612. The van der Waals surface area contributed by atoms with Crippen LogP contribution in [0.4, 0.5) is 0 Å². The van der Waals surface area contributed by atoms with Crippen LogP contribution in [0.5, 0.6) is 0 Å². The second-order valence-electron chi connectivity index (χ2n) is 2.68. The van der Waals surface area contributed by atoms with E-state index in [0.717, 1.165) is 0 Å². The summed E-state index contributed by atoms with van der Waals surface area (Å²) in [6.45, 7) is 5.01. The molecule has 0 aromatic rings. The lowest BCUT2D eigenvalue weighted by Crippen LogP contribution is -2.41. The van der Waals surface area contributed by atoms with Gasteiger partial charge >= 0.3 is 5.97 Å². The molecule has 0 spiro atoms. The second kappa shape index (κ2) is 4.87. The van der Waals surface area contributed by atoms with Gasteiger partial charge in [0.1, 0.15) is 11.8 Å². The van der Waals surface area contributed by atoms with E-state index in [1.807, 2.05) is 0 Å². The van der Waals surface area contributed by atoms with Gasteiger partial charge in [-0.15, -0.1) is 0 Å². The molecule has 2 N–H and O–H groups in total. The summed E-state index contributed by atoms with van der Waals surface area (Å²) in [4.78, 5) is 21.8. The van der Waals surface area contributed by atoms with E-state index in [1.165, 1.54) is 6.92 Å². The number of carbonyl (C=O) groups is 2. The van der Waals surface area contributed by atoms with Gasteiger partial charge in [-0.25, -0.2) is 0 Å². The van der Waals surface area contributed by atoms with Crippen molar-refractivity contribution in [2.45, 2.75) is 26.8 Å². The molecule has 0 heterocycles. The van der Waals surface area contributed by atoms with Gasteiger partial charge in [0, 0.05) is 5.92 Å². The second-order valence-corrected chi connectivity index (χ2v) is 2.68. The van der Waals surface area contributed by atoms with Gasteiger partial charge in [0.05, 0.1) is 6.61 Å². The van der Waals surface area contributed by atoms with Crippen LogP contribution in [0.1, 0.15) is 20.8 Å². The van der Waals surface area contributed by atoms with Crippen molar-refractivity contribution in [3.05, 3.63) is 0 Å². The van der Waals surface area contributed by atoms with E-state index in [0.29, 0.717) is 0 Å². The van der Waals surface area contributed by atoms with Crippen molar-refractivity contribution in [2.24, 2.45) is 11.7 Å². The lowest BCUT2D eigenvalue weighted by atomic mass is 9.99. The zero-order chi connectivity index (χ0) is 9.72. The lowest BCUT2D eigenvalue weighted by molar-refractivity contribution is -0.147. The molecule has 1 unspecified atom stereocenters. The number of hydrogen-bond acceptors (Lipinski definition) is 4. The summed E-state index contributed by atoms with van der Waals surface area (Å²) in [5.74, 6) is -1.08. The number of esters is 1. The van der Waals surface area contributed by atoms with Crippen LogP contribution in [0.25, 0.3) is 0 Å². The van der Waals surface area contributed by atoms with Gasteiger partial charge in [-0.2, -0.15) is 0 Å². The molecule has 0 aliphatic rings. The molecule has 0 aromatic heterocycles. The Balaban J connectivity index is 4.09. The van der Waals surface area contributed by atoms with Gasteiger partial charge in [0.25, 0.3) is 0 Å². The highest BCUT2D eigenvalue weighted by Crippen LogP contribution is 2.03. The van der Waals surface area contributed by atoms with E-state index in [-0.39, 0.29) is 12.4 Å². The van der Waals surface area contributed by atoms with Crippen molar-refractivity contribution < 1.29 is 14.3 Å². The first kappa shape index (κ1) is 11.1. The third-order valence-electron chi connectivity index (χ3n) is 1.74. The Labute approximate surface area is 72.1 Å². The molecule has 4 heteroatoms. The minimum atomic E-state index is -0.831. The molecule has 4 nitrogen and oxygen atoms in total. The van der Waals surface area contributed by atoms with E-state index in [2.05, 4.69) is 4.74 Å². The predicted octanol–water partition coefficient (Wildman–Crippen LogP) is 0.102. The zero-order valence-electron chi connectivity index (χ0n) is 7.66. The number of hydrogen-bond donors (Lipinski definition) is 1. The molecule has 2 atom stereocenters. The van der Waals surface area contributed by atoms with Crippen LogP contribution in [0.2, 0.25) is 0 Å². The number of rotatable bonds is 4. The predicted molar refractivity (Wildman–Crippen MR) is 44.5 cm³/mol. The van der Waals surface area contributed by atoms with Crippen LogP contribution >= 0.6 is 0 Å². The fourth-order valence-electron chi connectivity index (χ4n) is 0.695. The summed E-state index contributed by atoms with van der Waals surface area (Å²) in [5, 5.41) is 0. The minimum Gasteiger partial charge on any atom is -0.465 e. The molecule has 0 aliphatic heterocycles. The van der Waals surface area contributed by atoms with E-state index in [4.69, 9.17) is 5.73 Å². The topological polar surface area (TPSA) is 69.4 Å². The Morgan fingerprint density at radius 1 is 1.50 bits per heavy atom. The summed E-state index contributed by atoms with van der Waals surface area (Å²) < 4.78 is 4.66. The maximum atomic E-state index is 11.0. The fourth-order valence-corrected chi connectivity index (χ4v) is 0.695. The first-order chi connectivity index (χ1) is 5.50. The van der Waals surface area contributed by atoms with Gasteiger partial charge in [-0.1, -0.05) is 6.92 Å². The first-order valence-electron chi connectivity index (χ1n) is 3.93. The van der Waals surface area contributed by atoms with Gasteiger partial charge in [-0.05, 0) is 13.8 Å². The van der Waals surface area contributed by atoms with Crippen LogP contribution < -0.4 is 5.73 Å². The maximum absolute atomic E-state index is 11.0. The normalized spacial score (nSPS) is 15.0. The summed E-state index contributed by atoms with van der Waals surface area (Å²) in [5.41, 5.74) is 5.45. The molecule has 0 bridgehead atoms. The number of carbonyl (C=O) groups excluding carboxylic acids is 2. The minimum absolute atomic E-state index is 0.101. The number of ether oxygens (including phenoxy) is 1. The van der Waals surface area contributed by atoms with Gasteiger partial charge in [0.15, 0.2) is 0 Å². The highest BCUT2D eigenvalue weighted by Gasteiger charge is 2.24. The van der Waals surface area contributed by atoms with Crippen molar-refractivity contribution in [3.8, 4) is 0 Å². The number of nitrogens with two attached hydrogens (primary N) is 1. The molecule has 12 heavy (non-hydrogen) atoms. The molecule has 0 rings (SSSR count). The molecule has 0 radical (unpaired) electrons. The van der Waals surface area contributed by atoms with Crippen molar-refractivity contribution in [1.82, 2.24) is 0 Å². The summed E-state index contributed by atoms with van der Waals surface area (Å²) in [6.07, 6.45) is 0. The average Bonchev–Trinajstić information content (AvgIpc) is 2.02. The molecule has 70 valence electrons. The molecule has 0 aliphatic carbocycles. The summed E-state index contributed by atoms with van der Waals surface area (Å²) >= 11 is 0. The van der Waals surface area contributed by atoms with E-state index >= 15 is 0 Å². The molecule has 0 saturated heterocycles. The molecule has 0 fully saturated rings. The maximum Gasteiger partial charge on any atom is 0.323 e. The third kappa shape index (κ3) is 3.00. The van der Waals surface area contributed by atoms with Crippen LogP contribution in [0.15, 0.2) is 0 Å². The van der Waals surface area contributed by atoms with Gasteiger partial charge in [0.2, 0.25) is 0 Å². The van der Waals surface area contributed by atoms with Crippen molar-refractivity contribution in [1.29, 1.82) is 0 Å². The Kier molecular flexibility index (Phi) is 4.51. The molecule has 0 saturated carbocycles. The Morgan fingerprint density at radius 3 is 2.33 bits per heavy atom. The van der Waals surface area contributed by atoms with Crippen LogP contribution in [0.3, 0.4) is 0 Å². The fraction of sp³-hybridized carbons (Fsp3) is 0.750. The standard InChI is InChI=1S/C8H15NO3/c1-4-12-8(11)7(9)5(2)6(3)10/h5,7H,4,9H2,1-3H3/t5?,7-/m0/s1. The SMILES string of the molecule is CCOC(=O)[C@@H](N)C(C)C(C)=O. The Hall–Kier alpha value is -0.900. The monoisotopic (exact) mass is 173 g/mol. The number of ketones is 1. The molecule has 0 amide bonds. The lowest BCUT2D eigenvalue weighted by Gasteiger charge is -2.14. The van der Waals surface area contributed by atoms with Crippen LogP contribution in [0, 0.1) is 5.92 Å². The first-order valence-corrected chi connectivity index (χ1v) is 3.93. The Bertz CT molecular complexity index is 179. The van der Waals surface area contributed by atoms with Crippen molar-refractivity contribution >= 4 is 11.8 Å². The summed E-state index contributed by atoms with van der Waals surface area (Å²) in [7, 11) is 0. The van der Waals surface area contributed by atoms with Gasteiger partial charge in [-0.3, -0.25) is 9.59 Å². The third-order valence-corrected chi connectivity index (χ3v) is 1.74. The highest BCUT2D eigenvalue weighted by atomic mass is 16.5. The van der Waals surface area contributed by atoms with E-state index in [9.17, 15) is 9.59 Å². The molecular formula is C8H15NO3. The van der Waals surface area contributed by atoms with Crippen molar-refractivity contribution in [3.63, 3.8) is 0 Å². The van der Waals surface area contributed by atoms with E-state index < -0.39 is 17.9 Å². The largest absolute Gasteiger partial charge is 0.465 e. The van der Waals surface area contributed by atoms with Gasteiger partial charge < -0.3 is 10.5 Å². The number of Topliss-reactive ketones (excluding diaryl/α,β-unsaturated/α-hetero) is 1. The van der Waals surface area contributed by atoms with E-state index in [1.54, 1.807) is 13.8 Å². The smallest absolute Gasteiger partial charge is 0.323 e. The average molecular weight is 173 g/mol. The molecular weight excluding hydrogens is 158 g/mol. The van der Waals surface area contributed by atoms with Crippen LogP contribution in [-0.4, -0.2) is 24.4 Å². The van der Waals surface area contributed by atoms with Crippen molar-refractivity contribution in [2.75, 3.05) is 6.61 Å². The molecule has 0 aromatic carbocycles. The highest BCUT2D eigenvalue weighted by molar-refractivity contribution is 5.86. The summed E-state index contributed by atoms with van der Waals surface area (Å²) in [6, 6.07) is -0.831. The Morgan fingerprint density at radius 2 is 2.00 bits per heavy atom. The zero-order valence-corrected chi connectivity index (χ0v) is 7.66.